The van der Waals surface area contributed by atoms with Crippen LogP contribution in [0, 0.1) is 5.92 Å². The second kappa shape index (κ2) is 15.2. The van der Waals surface area contributed by atoms with E-state index in [1.54, 1.807) is 0 Å². The van der Waals surface area contributed by atoms with Gasteiger partial charge in [0.1, 0.15) is 12.1 Å². The van der Waals surface area contributed by atoms with Crippen molar-refractivity contribution in [3.63, 3.8) is 0 Å². The Morgan fingerprint density at radius 3 is 2.06 bits per heavy atom. The molecule has 0 aromatic heterocycles. The van der Waals surface area contributed by atoms with E-state index >= 15 is 0 Å². The second-order valence-corrected chi connectivity index (χ2v) is 8.07. The molecule has 0 spiro atoms. The van der Waals surface area contributed by atoms with Gasteiger partial charge in [-0.25, -0.2) is 0 Å². The van der Waals surface area contributed by atoms with Gasteiger partial charge in [-0.05, 0) is 12.8 Å². The van der Waals surface area contributed by atoms with Gasteiger partial charge < -0.3 is 34.1 Å². The van der Waals surface area contributed by atoms with E-state index in [2.05, 4.69) is 5.32 Å². The molecule has 1 aliphatic rings. The van der Waals surface area contributed by atoms with Gasteiger partial charge in [0.2, 0.25) is 5.91 Å². The van der Waals surface area contributed by atoms with E-state index in [0.717, 1.165) is 6.42 Å². The lowest BCUT2D eigenvalue weighted by Crippen LogP contribution is -2.57. The summed E-state index contributed by atoms with van der Waals surface area (Å²) in [6.07, 6.45) is -0.601. The fourth-order valence-corrected chi connectivity index (χ4v) is 3.57. The van der Waals surface area contributed by atoms with Crippen LogP contribution in [-0.4, -0.2) is 79.3 Å². The Balaban J connectivity index is 3.04. The molecule has 1 rings (SSSR count). The Bertz CT molecular complexity index is 711. The smallest absolute Gasteiger partial charge is 0.303 e. The number of nitrogens with one attached hydrogen (secondary N) is 1. The number of hydrogen-bond acceptors (Lipinski definition) is 10. The monoisotopic (exact) mass is 489 g/mol. The van der Waals surface area contributed by atoms with Crippen molar-refractivity contribution < 1.29 is 52.8 Å². The van der Waals surface area contributed by atoms with E-state index in [-0.39, 0.29) is 26.2 Å². The lowest BCUT2D eigenvalue weighted by molar-refractivity contribution is -0.185. The minimum Gasteiger partial charge on any atom is -0.481 e. The maximum atomic E-state index is 11.9. The molecule has 194 valence electrons. The highest BCUT2D eigenvalue weighted by Gasteiger charge is 2.48. The molecule has 0 saturated carbocycles. The summed E-state index contributed by atoms with van der Waals surface area (Å²) >= 11 is 0. The third kappa shape index (κ3) is 11.4. The first kappa shape index (κ1) is 29.3. The summed E-state index contributed by atoms with van der Waals surface area (Å²) in [4.78, 5) is 57.6. The van der Waals surface area contributed by atoms with Gasteiger partial charge in [-0.3, -0.25) is 24.0 Å². The molecule has 5 atom stereocenters. The molecule has 1 saturated heterocycles. The molecule has 1 amide bonds. The third-order valence-corrected chi connectivity index (χ3v) is 4.95. The summed E-state index contributed by atoms with van der Waals surface area (Å²) in [5.74, 6) is -3.88. The van der Waals surface area contributed by atoms with Crippen LogP contribution in [0.25, 0.3) is 0 Å². The lowest BCUT2D eigenvalue weighted by Gasteiger charge is -2.34. The molecular formula is C22H35NO11. The summed E-state index contributed by atoms with van der Waals surface area (Å²) in [6, 6.07) is -1.01. The van der Waals surface area contributed by atoms with Crippen molar-refractivity contribution in [1.29, 1.82) is 0 Å². The van der Waals surface area contributed by atoms with Crippen molar-refractivity contribution in [3.8, 4) is 0 Å². The van der Waals surface area contributed by atoms with Crippen molar-refractivity contribution in [2.24, 2.45) is 5.92 Å². The van der Waals surface area contributed by atoms with Crippen LogP contribution in [0.2, 0.25) is 0 Å². The number of carbonyl (C=O) groups excluding carboxylic acids is 4. The molecule has 0 aliphatic carbocycles. The Kier molecular flexibility index (Phi) is 13.1. The highest BCUT2D eigenvalue weighted by molar-refractivity contribution is 5.73. The van der Waals surface area contributed by atoms with E-state index in [9.17, 15) is 24.0 Å². The molecule has 1 aliphatic heterocycles. The molecule has 0 unspecified atom stereocenters. The number of carbonyl (C=O) groups is 5. The minimum absolute atomic E-state index is 0.0671. The second-order valence-electron chi connectivity index (χ2n) is 8.07. The first-order valence-electron chi connectivity index (χ1n) is 11.2. The molecule has 0 aromatic carbocycles. The summed E-state index contributed by atoms with van der Waals surface area (Å²) in [6.45, 7) is 4.85. The lowest BCUT2D eigenvalue weighted by atomic mass is 9.95. The number of rotatable bonds is 13. The van der Waals surface area contributed by atoms with Crippen molar-refractivity contribution in [1.82, 2.24) is 5.32 Å². The quantitative estimate of drug-likeness (QED) is 0.215. The van der Waals surface area contributed by atoms with Gasteiger partial charge in [0.05, 0.1) is 19.1 Å². The molecule has 0 bridgehead atoms. The van der Waals surface area contributed by atoms with Crippen molar-refractivity contribution in [2.75, 3.05) is 19.8 Å². The van der Waals surface area contributed by atoms with Crippen LogP contribution in [0.1, 0.15) is 59.8 Å². The maximum absolute atomic E-state index is 11.9. The van der Waals surface area contributed by atoms with Gasteiger partial charge in [0.25, 0.3) is 0 Å². The predicted molar refractivity (Wildman–Crippen MR) is 115 cm³/mol. The van der Waals surface area contributed by atoms with E-state index in [1.807, 2.05) is 0 Å². The Hall–Kier alpha value is -2.73. The average Bonchev–Trinajstić information content (AvgIpc) is 2.83. The Morgan fingerprint density at radius 1 is 0.882 bits per heavy atom. The summed E-state index contributed by atoms with van der Waals surface area (Å²) in [5, 5.41) is 11.4. The number of carboxylic acid groups (broad SMARTS) is 1. The first-order valence-corrected chi connectivity index (χ1v) is 11.2. The van der Waals surface area contributed by atoms with Gasteiger partial charge >= 0.3 is 23.9 Å². The van der Waals surface area contributed by atoms with Crippen LogP contribution in [0.15, 0.2) is 0 Å². The van der Waals surface area contributed by atoms with Crippen LogP contribution >= 0.6 is 0 Å². The normalized spacial score (nSPS) is 24.4. The van der Waals surface area contributed by atoms with Gasteiger partial charge in [0, 0.05) is 40.7 Å². The zero-order valence-electron chi connectivity index (χ0n) is 20.1. The van der Waals surface area contributed by atoms with Crippen LogP contribution in [0.4, 0.5) is 0 Å². The Labute approximate surface area is 198 Å². The number of aliphatic carboxylic acids is 1. The number of ether oxygens (including phenoxy) is 5. The molecule has 0 radical (unpaired) electrons. The summed E-state index contributed by atoms with van der Waals surface area (Å²) < 4.78 is 27.7. The molecule has 0 aromatic rings. The van der Waals surface area contributed by atoms with E-state index in [0.29, 0.717) is 19.3 Å². The van der Waals surface area contributed by atoms with Crippen LogP contribution in [0.3, 0.4) is 0 Å². The number of esters is 3. The van der Waals surface area contributed by atoms with E-state index < -0.39 is 60.2 Å². The zero-order chi connectivity index (χ0) is 25.7. The fourth-order valence-electron chi connectivity index (χ4n) is 3.57. The summed E-state index contributed by atoms with van der Waals surface area (Å²) in [5.41, 5.74) is 0. The fraction of sp³-hybridized carbons (Fsp3) is 0.773. The maximum Gasteiger partial charge on any atom is 0.303 e. The van der Waals surface area contributed by atoms with E-state index in [4.69, 9.17) is 28.8 Å². The number of hydrogen-bond donors (Lipinski definition) is 2. The average molecular weight is 490 g/mol. The molecule has 12 nitrogen and oxygen atoms in total. The number of carboxylic acids is 1. The molecule has 12 heteroatoms. The van der Waals surface area contributed by atoms with Gasteiger partial charge in [-0.15, -0.1) is 0 Å². The van der Waals surface area contributed by atoms with Gasteiger partial charge in [-0.2, -0.15) is 0 Å². The van der Waals surface area contributed by atoms with Gasteiger partial charge in [0.15, 0.2) is 12.4 Å². The van der Waals surface area contributed by atoms with Crippen LogP contribution < -0.4 is 5.32 Å². The van der Waals surface area contributed by atoms with Crippen LogP contribution in [-0.2, 0) is 47.7 Å². The standard InChI is InChI=1S/C22H35NO11/c1-13(24)23-19-21(34-16(4)27)20(33-15(3)26)17(11-31-14(2)25)12-32-22(19)30-10-8-6-5-7-9-18(28)29/h17,19-22H,5-12H2,1-4H3,(H,23,24)(H,28,29)/t17-,19+,20+,21+,22+/m0/s1. The Morgan fingerprint density at radius 2 is 1.50 bits per heavy atom. The highest BCUT2D eigenvalue weighted by Crippen LogP contribution is 2.27. The van der Waals surface area contributed by atoms with Gasteiger partial charge in [-0.1, -0.05) is 12.8 Å². The molecule has 2 N–H and O–H groups in total. The number of unbranched alkanes of at least 4 members (excludes halogenated alkanes) is 3. The first-order chi connectivity index (χ1) is 16.0. The topological polar surface area (TPSA) is 164 Å². The summed E-state index contributed by atoms with van der Waals surface area (Å²) in [7, 11) is 0. The minimum atomic E-state index is -1.17. The molecule has 1 heterocycles. The van der Waals surface area contributed by atoms with Crippen LogP contribution in [0.5, 0.6) is 0 Å². The predicted octanol–water partition coefficient (Wildman–Crippen LogP) is 0.942. The highest BCUT2D eigenvalue weighted by atomic mass is 16.7. The number of amides is 1. The zero-order valence-corrected chi connectivity index (χ0v) is 20.1. The molecular weight excluding hydrogens is 454 g/mol. The van der Waals surface area contributed by atoms with Crippen molar-refractivity contribution in [2.45, 2.75) is 84.3 Å². The third-order valence-electron chi connectivity index (χ3n) is 4.95. The van der Waals surface area contributed by atoms with Crippen molar-refractivity contribution in [3.05, 3.63) is 0 Å². The van der Waals surface area contributed by atoms with E-state index in [1.165, 1.54) is 27.7 Å². The molecule has 1 fully saturated rings. The van der Waals surface area contributed by atoms with Crippen molar-refractivity contribution >= 4 is 29.8 Å². The molecule has 34 heavy (non-hydrogen) atoms. The SMILES string of the molecule is CC(=O)N[C@H]1[C@H](OCCCCCCC(=O)O)OC[C@H](COC(C)=O)[C@@H](OC(C)=O)[C@@H]1OC(C)=O. The largest absolute Gasteiger partial charge is 0.481 e.